The predicted molar refractivity (Wildman–Crippen MR) is 128 cm³/mol. The first-order chi connectivity index (χ1) is 15.3. The molecule has 7 heteroatoms. The molecule has 3 aromatic heterocycles. The molecule has 0 aromatic carbocycles. The lowest BCUT2D eigenvalue weighted by molar-refractivity contribution is 0.458. The van der Waals surface area contributed by atoms with Gasteiger partial charge in [-0.05, 0) is 55.0 Å². The molecule has 3 aromatic rings. The minimum absolute atomic E-state index is 0.415. The van der Waals surface area contributed by atoms with E-state index in [0.717, 1.165) is 69.4 Å². The largest absolute Gasteiger partial charge is 0.469 e. The van der Waals surface area contributed by atoms with E-state index in [2.05, 4.69) is 57.1 Å². The summed E-state index contributed by atoms with van der Waals surface area (Å²) in [5.41, 5.74) is 1.20. The number of hydrogen-bond donors (Lipinski definition) is 2. The maximum Gasteiger partial charge on any atom is 0.191 e. The van der Waals surface area contributed by atoms with E-state index >= 15 is 0 Å². The Kier molecular flexibility index (Phi) is 7.60. The van der Waals surface area contributed by atoms with Gasteiger partial charge in [0.1, 0.15) is 11.6 Å². The Hall–Kier alpha value is -2.80. The third kappa shape index (κ3) is 6.59. The standard InChI is InChI=1S/C24H31N5OS/c1-19-6-7-23(27-18-19)29-14-10-20(11-15-29)28-24(25-12-8-21-4-2-16-30-21)26-13-9-22-5-3-17-31-22/h2-7,16-18,20H,8-15H2,1H3,(H2,25,26,28). The molecule has 31 heavy (non-hydrogen) atoms. The fourth-order valence-electron chi connectivity index (χ4n) is 3.74. The van der Waals surface area contributed by atoms with E-state index < -0.39 is 0 Å². The van der Waals surface area contributed by atoms with Gasteiger partial charge < -0.3 is 20.0 Å². The van der Waals surface area contributed by atoms with E-state index in [1.54, 1.807) is 17.6 Å². The third-order valence-corrected chi connectivity index (χ3v) is 6.44. The number of nitrogens with one attached hydrogen (secondary N) is 2. The molecule has 4 rings (SSSR count). The summed E-state index contributed by atoms with van der Waals surface area (Å²) < 4.78 is 5.45. The van der Waals surface area contributed by atoms with Crippen LogP contribution in [0.15, 0.2) is 63.6 Å². The minimum Gasteiger partial charge on any atom is -0.469 e. The molecular formula is C24H31N5OS. The lowest BCUT2D eigenvalue weighted by Crippen LogP contribution is -2.49. The SMILES string of the molecule is Cc1ccc(N2CCC(NC(=NCCc3cccs3)NCCc3ccco3)CC2)nc1. The minimum atomic E-state index is 0.415. The van der Waals surface area contributed by atoms with E-state index in [-0.39, 0.29) is 0 Å². The summed E-state index contributed by atoms with van der Waals surface area (Å²) in [7, 11) is 0. The third-order valence-electron chi connectivity index (χ3n) is 5.51. The molecule has 0 spiro atoms. The lowest BCUT2D eigenvalue weighted by Gasteiger charge is -2.34. The second-order valence-electron chi connectivity index (χ2n) is 7.92. The summed E-state index contributed by atoms with van der Waals surface area (Å²) in [6, 6.07) is 12.9. The van der Waals surface area contributed by atoms with E-state index in [0.29, 0.717) is 6.04 Å². The molecule has 0 radical (unpaired) electrons. The van der Waals surface area contributed by atoms with Gasteiger partial charge in [0.15, 0.2) is 5.96 Å². The molecular weight excluding hydrogens is 406 g/mol. The number of aryl methyl sites for hydroxylation is 1. The van der Waals surface area contributed by atoms with Crippen LogP contribution in [0.3, 0.4) is 0 Å². The van der Waals surface area contributed by atoms with Crippen molar-refractivity contribution in [3.8, 4) is 0 Å². The van der Waals surface area contributed by atoms with Crippen LogP contribution in [0.2, 0.25) is 0 Å². The Bertz CT molecular complexity index is 914. The number of hydrogen-bond acceptors (Lipinski definition) is 5. The van der Waals surface area contributed by atoms with Gasteiger partial charge in [0.25, 0.3) is 0 Å². The number of furan rings is 1. The van der Waals surface area contributed by atoms with E-state index in [1.165, 1.54) is 10.4 Å². The number of aromatic nitrogens is 1. The Morgan fingerprint density at radius 3 is 2.81 bits per heavy atom. The van der Waals surface area contributed by atoms with Crippen LogP contribution < -0.4 is 15.5 Å². The van der Waals surface area contributed by atoms with E-state index in [9.17, 15) is 0 Å². The summed E-state index contributed by atoms with van der Waals surface area (Å²) in [6.45, 7) is 5.66. The average Bonchev–Trinajstić information content (AvgIpc) is 3.49. The Balaban J connectivity index is 1.29. The van der Waals surface area contributed by atoms with Crippen molar-refractivity contribution in [2.24, 2.45) is 4.99 Å². The van der Waals surface area contributed by atoms with Crippen LogP contribution in [0.1, 0.15) is 29.0 Å². The normalized spacial score (nSPS) is 15.3. The van der Waals surface area contributed by atoms with Crippen LogP contribution in [-0.4, -0.2) is 43.2 Å². The number of nitrogens with zero attached hydrogens (tertiary/aromatic N) is 3. The average molecular weight is 438 g/mol. The van der Waals surface area contributed by atoms with Gasteiger partial charge >= 0.3 is 0 Å². The highest BCUT2D eigenvalue weighted by molar-refractivity contribution is 7.09. The van der Waals surface area contributed by atoms with Crippen molar-refractivity contribution in [1.29, 1.82) is 0 Å². The number of guanidine groups is 1. The molecule has 6 nitrogen and oxygen atoms in total. The van der Waals surface area contributed by atoms with Crippen LogP contribution >= 0.6 is 11.3 Å². The van der Waals surface area contributed by atoms with Crippen molar-refractivity contribution >= 4 is 23.1 Å². The van der Waals surface area contributed by atoms with E-state index in [1.807, 2.05) is 18.3 Å². The first kappa shape index (κ1) is 21.4. The maximum atomic E-state index is 5.45. The zero-order valence-corrected chi connectivity index (χ0v) is 18.9. The van der Waals surface area contributed by atoms with Gasteiger partial charge in [-0.1, -0.05) is 12.1 Å². The number of aliphatic imine (C=N–C) groups is 1. The molecule has 0 saturated carbocycles. The fourth-order valence-corrected chi connectivity index (χ4v) is 4.44. The van der Waals surface area contributed by atoms with Crippen LogP contribution in [0.5, 0.6) is 0 Å². The quantitative estimate of drug-likeness (QED) is 0.411. The van der Waals surface area contributed by atoms with Crippen molar-refractivity contribution in [3.63, 3.8) is 0 Å². The first-order valence-electron chi connectivity index (χ1n) is 11.0. The molecule has 1 aliphatic heterocycles. The molecule has 0 aliphatic carbocycles. The predicted octanol–water partition coefficient (Wildman–Crippen LogP) is 4.03. The number of anilines is 1. The summed E-state index contributed by atoms with van der Waals surface area (Å²) in [5, 5.41) is 9.27. The van der Waals surface area contributed by atoms with Crippen molar-refractivity contribution in [1.82, 2.24) is 15.6 Å². The molecule has 1 fully saturated rings. The Labute approximate surface area is 188 Å². The van der Waals surface area contributed by atoms with Gasteiger partial charge in [-0.25, -0.2) is 4.98 Å². The Morgan fingerprint density at radius 2 is 2.10 bits per heavy atom. The van der Waals surface area contributed by atoms with Crippen LogP contribution in [-0.2, 0) is 12.8 Å². The molecule has 1 saturated heterocycles. The van der Waals surface area contributed by atoms with Gasteiger partial charge in [0, 0.05) is 56.1 Å². The number of pyridine rings is 1. The second-order valence-corrected chi connectivity index (χ2v) is 8.95. The second kappa shape index (κ2) is 11.0. The summed E-state index contributed by atoms with van der Waals surface area (Å²) in [5.74, 6) is 2.96. The number of rotatable bonds is 8. The number of thiophene rings is 1. The highest BCUT2D eigenvalue weighted by Crippen LogP contribution is 2.18. The van der Waals surface area contributed by atoms with Crippen molar-refractivity contribution in [3.05, 3.63) is 70.4 Å². The zero-order chi connectivity index (χ0) is 21.3. The highest BCUT2D eigenvalue weighted by Gasteiger charge is 2.21. The first-order valence-corrected chi connectivity index (χ1v) is 11.9. The van der Waals surface area contributed by atoms with E-state index in [4.69, 9.17) is 9.41 Å². The van der Waals surface area contributed by atoms with Crippen LogP contribution in [0.25, 0.3) is 0 Å². The van der Waals surface area contributed by atoms with Crippen LogP contribution in [0, 0.1) is 6.92 Å². The highest BCUT2D eigenvalue weighted by atomic mass is 32.1. The smallest absolute Gasteiger partial charge is 0.191 e. The summed E-state index contributed by atoms with van der Waals surface area (Å²) >= 11 is 1.79. The molecule has 0 unspecified atom stereocenters. The lowest BCUT2D eigenvalue weighted by atomic mass is 10.1. The Morgan fingerprint density at radius 1 is 1.19 bits per heavy atom. The molecule has 2 N–H and O–H groups in total. The van der Waals surface area contributed by atoms with Gasteiger partial charge in [-0.2, -0.15) is 0 Å². The van der Waals surface area contributed by atoms with Crippen molar-refractivity contribution < 1.29 is 4.42 Å². The molecule has 0 atom stereocenters. The van der Waals surface area contributed by atoms with Gasteiger partial charge in [-0.3, -0.25) is 4.99 Å². The molecule has 0 bridgehead atoms. The molecule has 164 valence electrons. The zero-order valence-electron chi connectivity index (χ0n) is 18.1. The van der Waals surface area contributed by atoms with Gasteiger partial charge in [-0.15, -0.1) is 11.3 Å². The van der Waals surface area contributed by atoms with Crippen LogP contribution in [0.4, 0.5) is 5.82 Å². The van der Waals surface area contributed by atoms with Crippen molar-refractivity contribution in [2.75, 3.05) is 31.1 Å². The maximum absolute atomic E-state index is 5.45. The molecule has 1 aliphatic rings. The van der Waals surface area contributed by atoms with Crippen molar-refractivity contribution in [2.45, 2.75) is 38.6 Å². The topological polar surface area (TPSA) is 65.7 Å². The molecule has 0 amide bonds. The summed E-state index contributed by atoms with van der Waals surface area (Å²) in [4.78, 5) is 13.2. The molecule has 4 heterocycles. The monoisotopic (exact) mass is 437 g/mol. The summed E-state index contributed by atoms with van der Waals surface area (Å²) in [6.07, 6.45) is 7.62. The van der Waals surface area contributed by atoms with Gasteiger partial charge in [0.05, 0.1) is 6.26 Å². The fraction of sp³-hybridized carbons (Fsp3) is 0.417. The number of piperidine rings is 1. The van der Waals surface area contributed by atoms with Gasteiger partial charge in [0.2, 0.25) is 0 Å².